The van der Waals surface area contributed by atoms with Gasteiger partial charge in [0.25, 0.3) is 0 Å². The first kappa shape index (κ1) is 17.1. The molecule has 0 saturated carbocycles. The average molecular weight is 375 g/mol. The van der Waals surface area contributed by atoms with E-state index in [2.05, 4.69) is 34.6 Å². The predicted molar refractivity (Wildman–Crippen MR) is 111 cm³/mol. The van der Waals surface area contributed by atoms with E-state index >= 15 is 0 Å². The topological polar surface area (TPSA) is 77.2 Å². The molecule has 0 fully saturated rings. The molecule has 3 N–H and O–H groups in total. The molecule has 6 heteroatoms. The second kappa shape index (κ2) is 7.09. The summed E-state index contributed by atoms with van der Waals surface area (Å²) >= 11 is 1.28. The van der Waals surface area contributed by atoms with Crippen LogP contribution in [0.5, 0.6) is 0 Å². The zero-order valence-electron chi connectivity index (χ0n) is 14.6. The number of nitrogen functional groups attached to an aromatic ring is 1. The maximum Gasteiger partial charge on any atom is 0.348 e. The number of nitrogens with one attached hydrogen (secondary N) is 1. The number of pyridine rings is 1. The Hall–Kier alpha value is -3.38. The fourth-order valence-electron chi connectivity index (χ4n) is 2.88. The SMILES string of the molecule is COC(=O)c1cc2c(Nc3ccc(-c4ccccc4)cc3)cnc(N)c2s1. The Labute approximate surface area is 160 Å². The fraction of sp³-hybridized carbons (Fsp3) is 0.0476. The van der Waals surface area contributed by atoms with Gasteiger partial charge in [-0.1, -0.05) is 42.5 Å². The van der Waals surface area contributed by atoms with E-state index in [1.54, 1.807) is 12.3 Å². The maximum absolute atomic E-state index is 11.8. The number of hydrogen-bond donors (Lipinski definition) is 2. The Morgan fingerprint density at radius 2 is 1.78 bits per heavy atom. The monoisotopic (exact) mass is 375 g/mol. The molecule has 0 amide bonds. The van der Waals surface area contributed by atoms with Crippen LogP contribution < -0.4 is 11.1 Å². The number of benzene rings is 2. The van der Waals surface area contributed by atoms with Crippen LogP contribution in [0.3, 0.4) is 0 Å². The zero-order chi connectivity index (χ0) is 18.8. The van der Waals surface area contributed by atoms with Crippen molar-refractivity contribution < 1.29 is 9.53 Å². The van der Waals surface area contributed by atoms with Crippen LogP contribution in [0.4, 0.5) is 17.2 Å². The van der Waals surface area contributed by atoms with Crippen molar-refractivity contribution in [2.24, 2.45) is 0 Å². The van der Waals surface area contributed by atoms with Gasteiger partial charge in [0.2, 0.25) is 0 Å². The molecule has 0 aliphatic rings. The lowest BCUT2D eigenvalue weighted by Gasteiger charge is -2.09. The largest absolute Gasteiger partial charge is 0.465 e. The first-order valence-corrected chi connectivity index (χ1v) is 9.16. The summed E-state index contributed by atoms with van der Waals surface area (Å²) in [6, 6.07) is 20.1. The first-order valence-electron chi connectivity index (χ1n) is 8.34. The third-order valence-corrected chi connectivity index (χ3v) is 5.38. The highest BCUT2D eigenvalue weighted by molar-refractivity contribution is 7.21. The molecule has 2 aromatic heterocycles. The van der Waals surface area contributed by atoms with Gasteiger partial charge in [-0.15, -0.1) is 11.3 Å². The fourth-order valence-corrected chi connectivity index (χ4v) is 3.88. The molecule has 27 heavy (non-hydrogen) atoms. The van der Waals surface area contributed by atoms with E-state index in [0.717, 1.165) is 27.0 Å². The third-order valence-electron chi connectivity index (χ3n) is 4.25. The van der Waals surface area contributed by atoms with Gasteiger partial charge in [-0.2, -0.15) is 0 Å². The number of nitrogens with two attached hydrogens (primary N) is 1. The number of hydrogen-bond acceptors (Lipinski definition) is 6. The van der Waals surface area contributed by atoms with Crippen LogP contribution in [0.2, 0.25) is 0 Å². The summed E-state index contributed by atoms with van der Waals surface area (Å²) < 4.78 is 5.57. The maximum atomic E-state index is 11.8. The number of aromatic nitrogens is 1. The van der Waals surface area contributed by atoms with Gasteiger partial charge in [0.05, 0.1) is 23.7 Å². The number of fused-ring (bicyclic) bond motifs is 1. The Morgan fingerprint density at radius 3 is 2.48 bits per heavy atom. The molecule has 0 aliphatic heterocycles. The summed E-state index contributed by atoms with van der Waals surface area (Å²) in [5, 5.41) is 4.21. The van der Waals surface area contributed by atoms with Gasteiger partial charge in [0.1, 0.15) is 10.7 Å². The average Bonchev–Trinajstić information content (AvgIpc) is 3.17. The zero-order valence-corrected chi connectivity index (χ0v) is 15.4. The van der Waals surface area contributed by atoms with Gasteiger partial charge >= 0.3 is 5.97 Å². The molecule has 2 aromatic carbocycles. The molecule has 0 atom stereocenters. The number of nitrogens with zero attached hydrogens (tertiary/aromatic N) is 1. The highest BCUT2D eigenvalue weighted by Gasteiger charge is 2.15. The molecule has 0 spiro atoms. The van der Waals surface area contributed by atoms with Crippen molar-refractivity contribution in [1.29, 1.82) is 0 Å². The van der Waals surface area contributed by atoms with E-state index in [9.17, 15) is 4.79 Å². The van der Waals surface area contributed by atoms with Gasteiger partial charge in [-0.05, 0) is 29.3 Å². The smallest absolute Gasteiger partial charge is 0.348 e. The lowest BCUT2D eigenvalue weighted by atomic mass is 10.1. The summed E-state index contributed by atoms with van der Waals surface area (Å²) in [5.41, 5.74) is 10.0. The molecule has 4 aromatic rings. The highest BCUT2D eigenvalue weighted by Crippen LogP contribution is 2.36. The molecule has 0 aliphatic carbocycles. The van der Waals surface area contributed by atoms with Crippen molar-refractivity contribution in [3.05, 3.63) is 71.7 Å². The normalized spacial score (nSPS) is 10.7. The van der Waals surface area contributed by atoms with Crippen LogP contribution in [-0.2, 0) is 4.74 Å². The molecule has 134 valence electrons. The second-order valence-corrected chi connectivity index (χ2v) is 7.02. The van der Waals surface area contributed by atoms with Crippen LogP contribution in [-0.4, -0.2) is 18.1 Å². The summed E-state index contributed by atoms with van der Waals surface area (Å²) in [4.78, 5) is 16.6. The van der Waals surface area contributed by atoms with E-state index in [4.69, 9.17) is 10.5 Å². The minimum Gasteiger partial charge on any atom is -0.465 e. The molecule has 0 unspecified atom stereocenters. The van der Waals surface area contributed by atoms with Crippen LogP contribution in [0, 0.1) is 0 Å². The number of anilines is 3. The van der Waals surface area contributed by atoms with Crippen molar-refractivity contribution in [3.63, 3.8) is 0 Å². The van der Waals surface area contributed by atoms with Crippen LogP contribution >= 0.6 is 11.3 Å². The Morgan fingerprint density at radius 1 is 1.07 bits per heavy atom. The van der Waals surface area contributed by atoms with Crippen molar-refractivity contribution in [1.82, 2.24) is 4.98 Å². The van der Waals surface area contributed by atoms with E-state index < -0.39 is 0 Å². The number of methoxy groups -OCH3 is 1. The van der Waals surface area contributed by atoms with Crippen LogP contribution in [0.1, 0.15) is 9.67 Å². The van der Waals surface area contributed by atoms with Gasteiger partial charge in [0, 0.05) is 11.1 Å². The summed E-state index contributed by atoms with van der Waals surface area (Å²) in [5.74, 6) is 0.0175. The quantitative estimate of drug-likeness (QED) is 0.487. The lowest BCUT2D eigenvalue weighted by Crippen LogP contribution is -1.97. The van der Waals surface area contributed by atoms with Crippen LogP contribution in [0.15, 0.2) is 66.9 Å². The van der Waals surface area contributed by atoms with E-state index in [1.807, 2.05) is 30.3 Å². The minimum atomic E-state index is -0.381. The molecule has 5 nitrogen and oxygen atoms in total. The molecule has 2 heterocycles. The molecule has 0 saturated heterocycles. The minimum absolute atomic E-state index is 0.381. The Balaban J connectivity index is 1.66. The number of carbonyl (C=O) groups is 1. The lowest BCUT2D eigenvalue weighted by molar-refractivity contribution is 0.0606. The summed E-state index contributed by atoms with van der Waals surface area (Å²) in [7, 11) is 1.36. The number of esters is 1. The standard InChI is InChI=1S/C21H17N3O2S/c1-26-21(25)18-11-16-17(12-23-20(22)19(16)27-18)24-15-9-7-14(8-10-15)13-5-3-2-4-6-13/h2-12,24H,1H3,(H2,22,23). The van der Waals surface area contributed by atoms with Crippen molar-refractivity contribution in [2.75, 3.05) is 18.2 Å². The first-order chi connectivity index (χ1) is 13.2. The van der Waals surface area contributed by atoms with Gasteiger partial charge in [-0.25, -0.2) is 9.78 Å². The Bertz CT molecular complexity index is 1110. The van der Waals surface area contributed by atoms with Crippen molar-refractivity contribution in [2.45, 2.75) is 0 Å². The summed E-state index contributed by atoms with van der Waals surface area (Å²) in [6.45, 7) is 0. The second-order valence-electron chi connectivity index (χ2n) is 5.97. The highest BCUT2D eigenvalue weighted by atomic mass is 32.1. The molecule has 4 rings (SSSR count). The van der Waals surface area contributed by atoms with Crippen molar-refractivity contribution >= 4 is 44.6 Å². The summed E-state index contributed by atoms with van der Waals surface area (Å²) in [6.07, 6.45) is 1.68. The number of carbonyl (C=O) groups excluding carboxylic acids is 1. The molecule has 0 radical (unpaired) electrons. The Kier molecular flexibility index (Phi) is 4.48. The van der Waals surface area contributed by atoms with Crippen molar-refractivity contribution in [3.8, 4) is 11.1 Å². The van der Waals surface area contributed by atoms with E-state index in [-0.39, 0.29) is 5.97 Å². The number of ether oxygens (including phenoxy) is 1. The van der Waals surface area contributed by atoms with Gasteiger partial charge < -0.3 is 15.8 Å². The molecular formula is C21H17N3O2S. The number of thiophene rings is 1. The van der Waals surface area contributed by atoms with E-state index in [0.29, 0.717) is 10.7 Å². The van der Waals surface area contributed by atoms with Crippen LogP contribution in [0.25, 0.3) is 21.2 Å². The molecule has 0 bridgehead atoms. The molecular weight excluding hydrogens is 358 g/mol. The number of rotatable bonds is 4. The van der Waals surface area contributed by atoms with E-state index in [1.165, 1.54) is 24.0 Å². The van der Waals surface area contributed by atoms with Gasteiger partial charge in [0.15, 0.2) is 0 Å². The predicted octanol–water partition coefficient (Wildman–Crippen LogP) is 5.08. The third kappa shape index (κ3) is 3.35. The van der Waals surface area contributed by atoms with Gasteiger partial charge in [-0.3, -0.25) is 0 Å².